The van der Waals surface area contributed by atoms with E-state index in [9.17, 15) is 4.79 Å². The molecule has 4 rings (SSSR count). The molecule has 0 bridgehead atoms. The number of aromatic amines is 1. The molecule has 25 heavy (non-hydrogen) atoms. The maximum absolute atomic E-state index is 12.5. The van der Waals surface area contributed by atoms with Gasteiger partial charge in [0.2, 0.25) is 0 Å². The summed E-state index contributed by atoms with van der Waals surface area (Å²) in [5.74, 6) is 0.493. The van der Waals surface area contributed by atoms with Gasteiger partial charge in [0.05, 0.1) is 5.57 Å². The zero-order chi connectivity index (χ0) is 17.6. The fourth-order valence-corrected chi connectivity index (χ4v) is 3.21. The normalized spacial score (nSPS) is 14.7. The predicted octanol–water partition coefficient (Wildman–Crippen LogP) is 3.89. The van der Waals surface area contributed by atoms with Gasteiger partial charge >= 0.3 is 0 Å². The summed E-state index contributed by atoms with van der Waals surface area (Å²) in [5.41, 5.74) is 7.50. The van der Waals surface area contributed by atoms with Gasteiger partial charge in [0.1, 0.15) is 5.82 Å². The number of rotatable bonds is 2. The van der Waals surface area contributed by atoms with E-state index in [1.807, 2.05) is 45.0 Å². The Kier molecular flexibility index (Phi) is 3.50. The van der Waals surface area contributed by atoms with Crippen molar-refractivity contribution in [2.24, 2.45) is 0 Å². The van der Waals surface area contributed by atoms with Crippen LogP contribution in [-0.2, 0) is 4.79 Å². The van der Waals surface area contributed by atoms with Crippen molar-refractivity contribution in [2.45, 2.75) is 20.8 Å². The Bertz CT molecular complexity index is 1020. The molecule has 4 heterocycles. The van der Waals surface area contributed by atoms with Crippen molar-refractivity contribution in [1.29, 1.82) is 0 Å². The molecule has 0 aromatic carbocycles. The summed E-state index contributed by atoms with van der Waals surface area (Å²) >= 11 is 0. The first kappa shape index (κ1) is 15.3. The van der Waals surface area contributed by atoms with E-state index in [1.54, 1.807) is 12.4 Å². The Balaban J connectivity index is 1.87. The van der Waals surface area contributed by atoms with E-state index in [4.69, 9.17) is 0 Å². The molecule has 0 spiro atoms. The molecule has 5 heteroatoms. The van der Waals surface area contributed by atoms with Gasteiger partial charge in [0.25, 0.3) is 5.91 Å². The van der Waals surface area contributed by atoms with Crippen molar-refractivity contribution in [1.82, 2.24) is 15.0 Å². The predicted molar refractivity (Wildman–Crippen MR) is 99.0 cm³/mol. The van der Waals surface area contributed by atoms with Crippen LogP contribution >= 0.6 is 0 Å². The summed E-state index contributed by atoms with van der Waals surface area (Å²) in [4.78, 5) is 24.4. The summed E-state index contributed by atoms with van der Waals surface area (Å²) < 4.78 is 0. The highest BCUT2D eigenvalue weighted by atomic mass is 16.2. The first-order chi connectivity index (χ1) is 12.0. The summed E-state index contributed by atoms with van der Waals surface area (Å²) in [7, 11) is 0. The SMILES string of the molecule is Cc1cc(C)c(C=C2C(=O)Nc3nc(C)c(-c4ccncc4)cc32)[nH]1. The van der Waals surface area contributed by atoms with E-state index in [0.717, 1.165) is 39.3 Å². The van der Waals surface area contributed by atoms with Gasteiger partial charge in [-0.2, -0.15) is 0 Å². The van der Waals surface area contributed by atoms with Crippen LogP contribution in [0, 0.1) is 20.8 Å². The lowest BCUT2D eigenvalue weighted by atomic mass is 10.00. The minimum Gasteiger partial charge on any atom is -0.359 e. The zero-order valence-electron chi connectivity index (χ0n) is 14.3. The number of pyridine rings is 2. The second kappa shape index (κ2) is 5.70. The minimum atomic E-state index is -0.125. The van der Waals surface area contributed by atoms with Gasteiger partial charge in [-0.3, -0.25) is 9.78 Å². The summed E-state index contributed by atoms with van der Waals surface area (Å²) in [6.07, 6.45) is 5.41. The van der Waals surface area contributed by atoms with Crippen LogP contribution in [0.25, 0.3) is 22.8 Å². The highest BCUT2D eigenvalue weighted by Gasteiger charge is 2.27. The topological polar surface area (TPSA) is 70.7 Å². The quantitative estimate of drug-likeness (QED) is 0.700. The van der Waals surface area contributed by atoms with Crippen LogP contribution in [0.4, 0.5) is 5.82 Å². The average molecular weight is 330 g/mol. The number of H-pyrrole nitrogens is 1. The van der Waals surface area contributed by atoms with Gasteiger partial charge in [-0.1, -0.05) is 0 Å². The molecule has 0 atom stereocenters. The maximum Gasteiger partial charge on any atom is 0.257 e. The second-order valence-electron chi connectivity index (χ2n) is 6.31. The smallest absolute Gasteiger partial charge is 0.257 e. The largest absolute Gasteiger partial charge is 0.359 e. The number of aryl methyl sites for hydroxylation is 3. The molecule has 3 aromatic rings. The lowest BCUT2D eigenvalue weighted by Crippen LogP contribution is -2.04. The number of hydrogen-bond donors (Lipinski definition) is 2. The maximum atomic E-state index is 12.5. The molecule has 1 amide bonds. The molecule has 5 nitrogen and oxygen atoms in total. The zero-order valence-corrected chi connectivity index (χ0v) is 14.3. The van der Waals surface area contributed by atoms with Gasteiger partial charge in [-0.15, -0.1) is 0 Å². The molecule has 2 N–H and O–H groups in total. The summed E-state index contributed by atoms with van der Waals surface area (Å²) in [6.45, 7) is 5.98. The molecular weight excluding hydrogens is 312 g/mol. The highest BCUT2D eigenvalue weighted by Crippen LogP contribution is 2.36. The average Bonchev–Trinajstić information content (AvgIpc) is 3.06. The molecule has 0 saturated carbocycles. The van der Waals surface area contributed by atoms with Gasteiger partial charge < -0.3 is 10.3 Å². The molecule has 0 saturated heterocycles. The van der Waals surface area contributed by atoms with Gasteiger partial charge in [0.15, 0.2) is 0 Å². The number of nitrogens with one attached hydrogen (secondary N) is 2. The van der Waals surface area contributed by atoms with E-state index in [2.05, 4.69) is 26.3 Å². The number of anilines is 1. The van der Waals surface area contributed by atoms with Crippen molar-refractivity contribution in [3.05, 3.63) is 64.9 Å². The molecule has 1 aliphatic heterocycles. The molecule has 0 radical (unpaired) electrons. The third-order valence-electron chi connectivity index (χ3n) is 4.45. The first-order valence-electron chi connectivity index (χ1n) is 8.14. The van der Waals surface area contributed by atoms with Crippen LogP contribution in [0.15, 0.2) is 36.7 Å². The number of carbonyl (C=O) groups excluding carboxylic acids is 1. The second-order valence-corrected chi connectivity index (χ2v) is 6.31. The van der Waals surface area contributed by atoms with E-state index in [1.165, 1.54) is 0 Å². The van der Waals surface area contributed by atoms with E-state index < -0.39 is 0 Å². The lowest BCUT2D eigenvalue weighted by molar-refractivity contribution is -0.110. The molecule has 124 valence electrons. The number of hydrogen-bond acceptors (Lipinski definition) is 3. The molecule has 1 aliphatic rings. The van der Waals surface area contributed by atoms with Crippen LogP contribution < -0.4 is 5.32 Å². The Labute approximate surface area is 145 Å². The van der Waals surface area contributed by atoms with Crippen LogP contribution in [0.2, 0.25) is 0 Å². The Morgan fingerprint density at radius 2 is 1.80 bits per heavy atom. The molecular formula is C20H18N4O. The standard InChI is InChI=1S/C20H18N4O/c1-11-8-12(2)22-18(11)10-17-16-9-15(14-4-6-21-7-5-14)13(3)23-19(16)24-20(17)25/h4-10,22H,1-3H3,(H,23,24,25). The number of carbonyl (C=O) groups is 1. The fourth-order valence-electron chi connectivity index (χ4n) is 3.21. The highest BCUT2D eigenvalue weighted by molar-refractivity contribution is 6.34. The minimum absolute atomic E-state index is 0.125. The van der Waals surface area contributed by atoms with E-state index in [-0.39, 0.29) is 5.91 Å². The summed E-state index contributed by atoms with van der Waals surface area (Å²) in [6, 6.07) is 7.99. The van der Waals surface area contributed by atoms with Crippen molar-refractivity contribution in [2.75, 3.05) is 5.32 Å². The van der Waals surface area contributed by atoms with Gasteiger partial charge in [-0.25, -0.2) is 4.98 Å². The molecule has 0 fully saturated rings. The Morgan fingerprint density at radius 1 is 1.04 bits per heavy atom. The number of amides is 1. The van der Waals surface area contributed by atoms with Crippen LogP contribution in [0.1, 0.15) is 28.2 Å². The molecule has 0 aliphatic carbocycles. The van der Waals surface area contributed by atoms with Gasteiger partial charge in [-0.05, 0) is 62.2 Å². The van der Waals surface area contributed by atoms with Gasteiger partial charge in [0, 0.05) is 40.6 Å². The monoisotopic (exact) mass is 330 g/mol. The lowest BCUT2D eigenvalue weighted by Gasteiger charge is -2.08. The Morgan fingerprint density at radius 3 is 2.48 bits per heavy atom. The number of aromatic nitrogens is 3. The summed E-state index contributed by atoms with van der Waals surface area (Å²) in [5, 5.41) is 2.87. The third kappa shape index (κ3) is 2.63. The fraction of sp³-hybridized carbons (Fsp3) is 0.150. The number of fused-ring (bicyclic) bond motifs is 1. The number of nitrogens with zero attached hydrogens (tertiary/aromatic N) is 2. The van der Waals surface area contributed by atoms with Crippen LogP contribution in [0.5, 0.6) is 0 Å². The molecule has 0 unspecified atom stereocenters. The van der Waals surface area contributed by atoms with Crippen LogP contribution in [0.3, 0.4) is 0 Å². The first-order valence-corrected chi connectivity index (χ1v) is 8.14. The van der Waals surface area contributed by atoms with Crippen LogP contribution in [-0.4, -0.2) is 20.9 Å². The van der Waals surface area contributed by atoms with Crippen molar-refractivity contribution >= 4 is 23.4 Å². The molecule has 3 aromatic heterocycles. The third-order valence-corrected chi connectivity index (χ3v) is 4.45. The Hall–Kier alpha value is -3.21. The van der Waals surface area contributed by atoms with Crippen molar-refractivity contribution in [3.63, 3.8) is 0 Å². The van der Waals surface area contributed by atoms with E-state index in [0.29, 0.717) is 11.4 Å². The van der Waals surface area contributed by atoms with Crippen molar-refractivity contribution < 1.29 is 4.79 Å². The van der Waals surface area contributed by atoms with E-state index >= 15 is 0 Å². The van der Waals surface area contributed by atoms with Crippen molar-refractivity contribution in [3.8, 4) is 11.1 Å².